The van der Waals surface area contributed by atoms with Crippen molar-refractivity contribution in [2.75, 3.05) is 19.3 Å². The van der Waals surface area contributed by atoms with Gasteiger partial charge in [-0.1, -0.05) is 11.6 Å². The van der Waals surface area contributed by atoms with Gasteiger partial charge in [0.2, 0.25) is 0 Å². The highest BCUT2D eigenvalue weighted by molar-refractivity contribution is 6.34. The molecule has 110 valence electrons. The number of nitrogens with two attached hydrogens (primary N) is 1. The molecule has 1 aromatic carbocycles. The van der Waals surface area contributed by atoms with Gasteiger partial charge < -0.3 is 15.7 Å². The standard InChI is InChI=1S/C12H16ClN3O4/c1-7(17)3-4-15(2)12(18)9-5-8(16(19)20)6-10(13)11(9)14/h5-7,17H,3-4,14H2,1-2H3. The summed E-state index contributed by atoms with van der Waals surface area (Å²) in [5, 5.41) is 19.9. The van der Waals surface area contributed by atoms with Gasteiger partial charge in [0.15, 0.2) is 0 Å². The molecule has 7 nitrogen and oxygen atoms in total. The van der Waals surface area contributed by atoms with Gasteiger partial charge in [0, 0.05) is 25.7 Å². The average Bonchev–Trinajstić information content (AvgIpc) is 2.37. The lowest BCUT2D eigenvalue weighted by Crippen LogP contribution is -2.30. The monoisotopic (exact) mass is 301 g/mol. The Bertz CT molecular complexity index is 534. The third kappa shape index (κ3) is 3.82. The molecule has 3 N–H and O–H groups in total. The molecule has 0 bridgehead atoms. The summed E-state index contributed by atoms with van der Waals surface area (Å²) in [7, 11) is 1.52. The Morgan fingerprint density at radius 3 is 2.70 bits per heavy atom. The Labute approximate surface area is 121 Å². The summed E-state index contributed by atoms with van der Waals surface area (Å²) in [6.45, 7) is 1.91. The van der Waals surface area contributed by atoms with E-state index in [4.69, 9.17) is 17.3 Å². The van der Waals surface area contributed by atoms with Crippen molar-refractivity contribution in [3.05, 3.63) is 32.8 Å². The minimum absolute atomic E-state index is 0.00571. The molecule has 0 heterocycles. The highest BCUT2D eigenvalue weighted by Gasteiger charge is 2.21. The van der Waals surface area contributed by atoms with Crippen molar-refractivity contribution in [3.8, 4) is 0 Å². The smallest absolute Gasteiger partial charge is 0.271 e. The first-order valence-corrected chi connectivity index (χ1v) is 6.28. The Kier molecular flexibility index (Phi) is 5.29. The number of halogens is 1. The normalized spacial score (nSPS) is 12.0. The maximum atomic E-state index is 12.2. The number of rotatable bonds is 5. The Balaban J connectivity index is 3.05. The number of hydrogen-bond acceptors (Lipinski definition) is 5. The van der Waals surface area contributed by atoms with Crippen LogP contribution in [0.5, 0.6) is 0 Å². The molecule has 0 aromatic heterocycles. The van der Waals surface area contributed by atoms with E-state index in [0.29, 0.717) is 13.0 Å². The van der Waals surface area contributed by atoms with E-state index < -0.39 is 16.9 Å². The largest absolute Gasteiger partial charge is 0.397 e. The lowest BCUT2D eigenvalue weighted by molar-refractivity contribution is -0.384. The second-order valence-corrected chi connectivity index (χ2v) is 4.92. The van der Waals surface area contributed by atoms with Crippen molar-refractivity contribution in [3.63, 3.8) is 0 Å². The molecule has 0 spiro atoms. The minimum atomic E-state index is -0.641. The van der Waals surface area contributed by atoms with Crippen LogP contribution in [0.15, 0.2) is 12.1 Å². The van der Waals surface area contributed by atoms with Crippen molar-refractivity contribution < 1.29 is 14.8 Å². The molecule has 0 fully saturated rings. The van der Waals surface area contributed by atoms with Crippen LogP contribution in [-0.4, -0.2) is 40.5 Å². The molecule has 0 aliphatic heterocycles. The first-order valence-electron chi connectivity index (χ1n) is 5.91. The van der Waals surface area contributed by atoms with E-state index in [9.17, 15) is 20.0 Å². The Morgan fingerprint density at radius 2 is 2.20 bits per heavy atom. The van der Waals surface area contributed by atoms with E-state index in [0.717, 1.165) is 12.1 Å². The highest BCUT2D eigenvalue weighted by atomic mass is 35.5. The zero-order valence-electron chi connectivity index (χ0n) is 11.2. The molecule has 20 heavy (non-hydrogen) atoms. The minimum Gasteiger partial charge on any atom is -0.397 e. The van der Waals surface area contributed by atoms with Crippen LogP contribution < -0.4 is 5.73 Å². The number of hydrogen-bond donors (Lipinski definition) is 2. The fraction of sp³-hybridized carbons (Fsp3) is 0.417. The predicted molar refractivity (Wildman–Crippen MR) is 75.8 cm³/mol. The van der Waals surface area contributed by atoms with Gasteiger partial charge >= 0.3 is 0 Å². The van der Waals surface area contributed by atoms with E-state index in [1.54, 1.807) is 6.92 Å². The molecule has 1 amide bonds. The summed E-state index contributed by atoms with van der Waals surface area (Å²) in [5.74, 6) is -0.478. The summed E-state index contributed by atoms with van der Waals surface area (Å²) in [6, 6.07) is 2.20. The lowest BCUT2D eigenvalue weighted by Gasteiger charge is -2.19. The number of benzene rings is 1. The number of nitro groups is 1. The number of anilines is 1. The number of nitro benzene ring substituents is 1. The summed E-state index contributed by atoms with van der Waals surface area (Å²) in [6.07, 6.45) is -0.151. The molecule has 1 unspecified atom stereocenters. The van der Waals surface area contributed by atoms with E-state index in [2.05, 4.69) is 0 Å². The van der Waals surface area contributed by atoms with Crippen LogP contribution >= 0.6 is 11.6 Å². The quantitative estimate of drug-likeness (QED) is 0.488. The van der Waals surface area contributed by atoms with Gasteiger partial charge in [-0.15, -0.1) is 0 Å². The Morgan fingerprint density at radius 1 is 1.60 bits per heavy atom. The third-order valence-electron chi connectivity index (χ3n) is 2.78. The molecule has 0 saturated carbocycles. The number of carbonyl (C=O) groups excluding carboxylic acids is 1. The molecule has 0 radical (unpaired) electrons. The zero-order valence-corrected chi connectivity index (χ0v) is 11.9. The number of aliphatic hydroxyl groups excluding tert-OH is 1. The van der Waals surface area contributed by atoms with Crippen molar-refractivity contribution >= 4 is 28.9 Å². The fourth-order valence-electron chi connectivity index (χ4n) is 1.57. The summed E-state index contributed by atoms with van der Waals surface area (Å²) < 4.78 is 0. The topological polar surface area (TPSA) is 110 Å². The van der Waals surface area contributed by atoms with Gasteiger partial charge in [-0.3, -0.25) is 14.9 Å². The number of amides is 1. The van der Waals surface area contributed by atoms with Crippen LogP contribution in [0.4, 0.5) is 11.4 Å². The van der Waals surface area contributed by atoms with Crippen molar-refractivity contribution in [2.24, 2.45) is 0 Å². The molecular weight excluding hydrogens is 286 g/mol. The van der Waals surface area contributed by atoms with Crippen molar-refractivity contribution in [1.82, 2.24) is 4.90 Å². The summed E-state index contributed by atoms with van der Waals surface area (Å²) >= 11 is 5.80. The van der Waals surface area contributed by atoms with Crippen LogP contribution in [-0.2, 0) is 0 Å². The fourth-order valence-corrected chi connectivity index (χ4v) is 1.79. The van der Waals surface area contributed by atoms with Crippen LogP contribution in [0.3, 0.4) is 0 Å². The molecule has 0 aliphatic carbocycles. The summed E-state index contributed by atoms with van der Waals surface area (Å²) in [5.41, 5.74) is 5.39. The summed E-state index contributed by atoms with van der Waals surface area (Å²) in [4.78, 5) is 23.7. The number of carbonyl (C=O) groups is 1. The maximum Gasteiger partial charge on any atom is 0.271 e. The van der Waals surface area contributed by atoms with E-state index in [1.807, 2.05) is 0 Å². The first-order chi connectivity index (χ1) is 9.23. The van der Waals surface area contributed by atoms with Gasteiger partial charge in [-0.2, -0.15) is 0 Å². The van der Waals surface area contributed by atoms with Gasteiger partial charge in [-0.25, -0.2) is 0 Å². The number of aliphatic hydroxyl groups is 1. The van der Waals surface area contributed by atoms with Crippen molar-refractivity contribution in [2.45, 2.75) is 19.4 Å². The van der Waals surface area contributed by atoms with Crippen LogP contribution in [0.25, 0.3) is 0 Å². The first kappa shape index (κ1) is 16.2. The zero-order chi connectivity index (χ0) is 15.4. The SMILES string of the molecule is CC(O)CCN(C)C(=O)c1cc([N+](=O)[O-])cc(Cl)c1N. The van der Waals surface area contributed by atoms with Gasteiger partial charge in [0.05, 0.1) is 27.3 Å². The third-order valence-corrected chi connectivity index (χ3v) is 3.10. The maximum absolute atomic E-state index is 12.2. The van der Waals surface area contributed by atoms with Gasteiger partial charge in [-0.05, 0) is 13.3 Å². The number of nitrogens with zero attached hydrogens (tertiary/aromatic N) is 2. The second-order valence-electron chi connectivity index (χ2n) is 4.51. The van der Waals surface area contributed by atoms with E-state index in [-0.39, 0.29) is 22.0 Å². The molecule has 0 saturated heterocycles. The van der Waals surface area contributed by atoms with Crippen LogP contribution in [0, 0.1) is 10.1 Å². The van der Waals surface area contributed by atoms with E-state index in [1.165, 1.54) is 11.9 Å². The van der Waals surface area contributed by atoms with Gasteiger partial charge in [0.25, 0.3) is 11.6 Å². The number of nitrogen functional groups attached to an aromatic ring is 1. The van der Waals surface area contributed by atoms with Crippen molar-refractivity contribution in [1.29, 1.82) is 0 Å². The molecule has 1 aromatic rings. The number of non-ortho nitro benzene ring substituents is 1. The second kappa shape index (κ2) is 6.53. The highest BCUT2D eigenvalue weighted by Crippen LogP contribution is 2.29. The molecule has 1 atom stereocenters. The Hall–Kier alpha value is -1.86. The predicted octanol–water partition coefficient (Wildman–Crippen LogP) is 1.67. The van der Waals surface area contributed by atoms with Crippen LogP contribution in [0.1, 0.15) is 23.7 Å². The van der Waals surface area contributed by atoms with E-state index >= 15 is 0 Å². The molecule has 1 rings (SSSR count). The van der Waals surface area contributed by atoms with Gasteiger partial charge in [0.1, 0.15) is 0 Å². The molecule has 8 heteroatoms. The van der Waals surface area contributed by atoms with Crippen LogP contribution in [0.2, 0.25) is 5.02 Å². The average molecular weight is 302 g/mol. The molecule has 0 aliphatic rings. The molecular formula is C12H16ClN3O4. The lowest BCUT2D eigenvalue weighted by atomic mass is 10.1.